The third kappa shape index (κ3) is 3.60. The Kier molecular flexibility index (Phi) is 4.93. The minimum atomic E-state index is -4.55. The third-order valence-corrected chi connectivity index (χ3v) is 5.11. The molecule has 30 heavy (non-hydrogen) atoms. The topological polar surface area (TPSA) is 92.4 Å². The number of benzene rings is 1. The molecule has 2 aromatic rings. The Labute approximate surface area is 169 Å². The van der Waals surface area contributed by atoms with Crippen molar-refractivity contribution in [1.29, 1.82) is 5.26 Å². The Morgan fingerprint density at radius 2 is 2.13 bits per heavy atom. The van der Waals surface area contributed by atoms with Crippen molar-refractivity contribution in [3.63, 3.8) is 0 Å². The number of hydrogen-bond acceptors (Lipinski definition) is 6. The Balaban J connectivity index is 1.65. The highest BCUT2D eigenvalue weighted by Crippen LogP contribution is 2.45. The number of aromatic nitrogens is 2. The van der Waals surface area contributed by atoms with Crippen LogP contribution in [-0.2, 0) is 0 Å². The van der Waals surface area contributed by atoms with Crippen molar-refractivity contribution in [2.24, 2.45) is 0 Å². The molecular formula is C19H18F3N5O3. The first kappa shape index (κ1) is 19.9. The second-order valence-electron chi connectivity index (χ2n) is 7.10. The van der Waals surface area contributed by atoms with E-state index in [9.17, 15) is 18.0 Å². The Morgan fingerprint density at radius 1 is 1.37 bits per heavy atom. The number of carbonyl (C=O) groups is 1. The van der Waals surface area contributed by atoms with Crippen LogP contribution in [0.15, 0.2) is 24.3 Å². The highest BCUT2D eigenvalue weighted by molar-refractivity contribution is 5.93. The maximum Gasteiger partial charge on any atom is 0.410 e. The smallest absolute Gasteiger partial charge is 0.410 e. The van der Waals surface area contributed by atoms with Gasteiger partial charge in [-0.25, -0.2) is 4.68 Å². The minimum Gasteiger partial charge on any atom is -0.454 e. The van der Waals surface area contributed by atoms with Crippen molar-refractivity contribution in [3.05, 3.63) is 35.5 Å². The predicted molar refractivity (Wildman–Crippen MR) is 98.1 cm³/mol. The lowest BCUT2D eigenvalue weighted by Gasteiger charge is -2.33. The summed E-state index contributed by atoms with van der Waals surface area (Å²) < 4.78 is 52.8. The molecule has 0 aliphatic carbocycles. The van der Waals surface area contributed by atoms with E-state index in [1.165, 1.54) is 18.0 Å². The molecule has 0 saturated carbocycles. The van der Waals surface area contributed by atoms with Crippen LogP contribution in [0, 0.1) is 11.3 Å². The van der Waals surface area contributed by atoms with Crippen molar-refractivity contribution in [1.82, 2.24) is 14.7 Å². The van der Waals surface area contributed by atoms with Crippen LogP contribution in [0.1, 0.15) is 41.0 Å². The number of alkyl halides is 3. The molecule has 0 radical (unpaired) electrons. The van der Waals surface area contributed by atoms with Gasteiger partial charge in [-0.1, -0.05) is 6.07 Å². The van der Waals surface area contributed by atoms with Crippen molar-refractivity contribution in [2.45, 2.75) is 31.1 Å². The lowest BCUT2D eigenvalue weighted by molar-refractivity contribution is -0.173. The van der Waals surface area contributed by atoms with Crippen LogP contribution in [0.2, 0.25) is 0 Å². The van der Waals surface area contributed by atoms with E-state index in [1.807, 2.05) is 6.07 Å². The first-order chi connectivity index (χ1) is 14.3. The molecule has 0 fully saturated rings. The van der Waals surface area contributed by atoms with E-state index in [2.05, 4.69) is 10.4 Å². The molecule has 2 aliphatic heterocycles. The number of rotatable bonds is 4. The molecule has 1 aromatic heterocycles. The normalized spacial score (nSPS) is 19.6. The lowest BCUT2D eigenvalue weighted by atomic mass is 9.96. The van der Waals surface area contributed by atoms with Crippen molar-refractivity contribution < 1.29 is 27.4 Å². The molecule has 158 valence electrons. The van der Waals surface area contributed by atoms with Crippen molar-refractivity contribution in [3.8, 4) is 17.6 Å². The van der Waals surface area contributed by atoms with Crippen LogP contribution < -0.4 is 14.8 Å². The zero-order valence-electron chi connectivity index (χ0n) is 15.9. The number of amides is 1. The standard InChI is InChI=1S/C19H18F3N5O3/c1-26(6-2-5-23)18(28)13-9-17-24-12(8-16(19(20,21)22)27(17)25-13)11-3-4-14-15(7-11)30-10-29-14/h3-4,7,9,12,16,24H,2,6,8,10H2,1H3/t12-,16+/m1/s1. The van der Waals surface area contributed by atoms with E-state index >= 15 is 0 Å². The van der Waals surface area contributed by atoms with Gasteiger partial charge in [-0.15, -0.1) is 0 Å². The number of fused-ring (bicyclic) bond motifs is 2. The number of nitrogens with one attached hydrogen (secondary N) is 1. The highest BCUT2D eigenvalue weighted by atomic mass is 19.4. The summed E-state index contributed by atoms with van der Waals surface area (Å²) in [5.74, 6) is 0.574. The van der Waals surface area contributed by atoms with Crippen LogP contribution in [-0.4, -0.2) is 47.1 Å². The van der Waals surface area contributed by atoms with Gasteiger partial charge in [0.1, 0.15) is 5.82 Å². The summed E-state index contributed by atoms with van der Waals surface area (Å²) in [6.45, 7) is 0.229. The molecule has 4 rings (SSSR count). The predicted octanol–water partition coefficient (Wildman–Crippen LogP) is 3.26. The average Bonchev–Trinajstić information content (AvgIpc) is 3.35. The largest absolute Gasteiger partial charge is 0.454 e. The van der Waals surface area contributed by atoms with Crippen LogP contribution in [0.5, 0.6) is 11.5 Å². The molecule has 3 heterocycles. The van der Waals surface area contributed by atoms with Gasteiger partial charge in [-0.3, -0.25) is 4.79 Å². The van der Waals surface area contributed by atoms with Gasteiger partial charge in [0.25, 0.3) is 5.91 Å². The zero-order valence-corrected chi connectivity index (χ0v) is 15.9. The number of anilines is 1. The van der Waals surface area contributed by atoms with E-state index in [0.29, 0.717) is 17.1 Å². The zero-order chi connectivity index (χ0) is 21.5. The quantitative estimate of drug-likeness (QED) is 0.815. The Bertz CT molecular complexity index is 1010. The molecule has 8 nitrogen and oxygen atoms in total. The molecule has 2 atom stereocenters. The van der Waals surface area contributed by atoms with Crippen molar-refractivity contribution in [2.75, 3.05) is 25.7 Å². The second-order valence-corrected chi connectivity index (χ2v) is 7.10. The van der Waals surface area contributed by atoms with E-state index in [0.717, 1.165) is 4.68 Å². The molecule has 0 spiro atoms. The number of ether oxygens (including phenoxy) is 2. The molecule has 11 heteroatoms. The molecule has 1 amide bonds. The van der Waals surface area contributed by atoms with Crippen LogP contribution in [0.4, 0.5) is 19.0 Å². The summed E-state index contributed by atoms with van der Waals surface area (Å²) in [5, 5.41) is 15.6. The summed E-state index contributed by atoms with van der Waals surface area (Å²) in [7, 11) is 1.47. The number of nitriles is 1. The summed E-state index contributed by atoms with van der Waals surface area (Å²) in [6, 6.07) is 5.68. The van der Waals surface area contributed by atoms with E-state index in [-0.39, 0.29) is 37.7 Å². The molecular weight excluding hydrogens is 403 g/mol. The van der Waals surface area contributed by atoms with Gasteiger partial charge >= 0.3 is 6.18 Å². The highest BCUT2D eigenvalue weighted by Gasteiger charge is 2.47. The number of nitrogens with zero attached hydrogens (tertiary/aromatic N) is 4. The maximum absolute atomic E-state index is 13.8. The van der Waals surface area contributed by atoms with Crippen LogP contribution >= 0.6 is 0 Å². The van der Waals surface area contributed by atoms with E-state index in [4.69, 9.17) is 14.7 Å². The fourth-order valence-corrected chi connectivity index (χ4v) is 3.54. The summed E-state index contributed by atoms with van der Waals surface area (Å²) in [5.41, 5.74) is 0.499. The average molecular weight is 421 g/mol. The Hall–Kier alpha value is -3.42. The molecule has 1 N–H and O–H groups in total. The van der Waals surface area contributed by atoms with E-state index in [1.54, 1.807) is 18.2 Å². The monoisotopic (exact) mass is 421 g/mol. The minimum absolute atomic E-state index is 0.0691. The second kappa shape index (κ2) is 7.44. The van der Waals surface area contributed by atoms with Gasteiger partial charge in [0, 0.05) is 26.1 Å². The van der Waals surface area contributed by atoms with Gasteiger partial charge in [-0.2, -0.15) is 23.5 Å². The fraction of sp³-hybridized carbons (Fsp3) is 0.421. The van der Waals surface area contributed by atoms with Gasteiger partial charge in [0.05, 0.1) is 18.5 Å². The lowest BCUT2D eigenvalue weighted by Crippen LogP contribution is -2.36. The summed E-state index contributed by atoms with van der Waals surface area (Å²) in [6.07, 6.45) is -4.73. The summed E-state index contributed by atoms with van der Waals surface area (Å²) in [4.78, 5) is 13.8. The van der Waals surface area contributed by atoms with Crippen LogP contribution in [0.25, 0.3) is 0 Å². The first-order valence-electron chi connectivity index (χ1n) is 9.22. The number of carbonyl (C=O) groups excluding carboxylic acids is 1. The number of hydrogen-bond donors (Lipinski definition) is 1. The fourth-order valence-electron chi connectivity index (χ4n) is 3.54. The molecule has 0 bridgehead atoms. The number of halogens is 3. The van der Waals surface area contributed by atoms with Crippen LogP contribution in [0.3, 0.4) is 0 Å². The first-order valence-corrected chi connectivity index (χ1v) is 9.22. The van der Waals surface area contributed by atoms with Crippen molar-refractivity contribution >= 4 is 11.7 Å². The summed E-state index contributed by atoms with van der Waals surface area (Å²) >= 11 is 0. The molecule has 0 unspecified atom stereocenters. The van der Waals surface area contributed by atoms with Gasteiger partial charge in [0.15, 0.2) is 23.2 Å². The van der Waals surface area contributed by atoms with Gasteiger partial charge in [0.2, 0.25) is 6.79 Å². The maximum atomic E-state index is 13.8. The molecule has 0 saturated heterocycles. The van der Waals surface area contributed by atoms with E-state index < -0.39 is 24.2 Å². The molecule has 2 aliphatic rings. The Morgan fingerprint density at radius 3 is 2.87 bits per heavy atom. The third-order valence-electron chi connectivity index (χ3n) is 5.11. The molecule has 1 aromatic carbocycles. The SMILES string of the molecule is CN(CCC#N)C(=O)c1cc2n(n1)[C@H](C(F)(F)F)C[C@H](c1ccc3c(c1)OCO3)N2. The van der Waals surface area contributed by atoms with Gasteiger partial charge in [-0.05, 0) is 17.7 Å². The van der Waals surface area contributed by atoms with Gasteiger partial charge < -0.3 is 19.7 Å².